The first kappa shape index (κ1) is 19.0. The van der Waals surface area contributed by atoms with E-state index in [0.717, 1.165) is 31.6 Å². The van der Waals surface area contributed by atoms with Gasteiger partial charge in [0, 0.05) is 38.6 Å². The van der Waals surface area contributed by atoms with Crippen molar-refractivity contribution in [1.82, 2.24) is 29.5 Å². The van der Waals surface area contributed by atoms with Gasteiger partial charge in [-0.05, 0) is 25.3 Å². The number of hydrogen-bond donors (Lipinski definition) is 1. The van der Waals surface area contributed by atoms with Crippen LogP contribution < -0.4 is 5.32 Å². The van der Waals surface area contributed by atoms with Crippen molar-refractivity contribution >= 4 is 17.2 Å². The Bertz CT molecular complexity index is 993. The van der Waals surface area contributed by atoms with Crippen molar-refractivity contribution in [2.24, 2.45) is 0 Å². The summed E-state index contributed by atoms with van der Waals surface area (Å²) >= 11 is 0. The Labute approximate surface area is 166 Å². The van der Waals surface area contributed by atoms with Crippen LogP contribution in [0.4, 0.5) is 17.2 Å². The molecule has 0 aliphatic carbocycles. The Morgan fingerprint density at radius 1 is 1.24 bits per heavy atom. The summed E-state index contributed by atoms with van der Waals surface area (Å²) in [5.41, 5.74) is 1.40. The largest absolute Gasteiger partial charge is 0.381 e. The van der Waals surface area contributed by atoms with Crippen LogP contribution in [0.2, 0.25) is 0 Å². The van der Waals surface area contributed by atoms with E-state index in [2.05, 4.69) is 25.5 Å². The highest BCUT2D eigenvalue weighted by Crippen LogP contribution is 2.25. The van der Waals surface area contributed by atoms with Crippen molar-refractivity contribution in [1.29, 1.82) is 0 Å². The van der Waals surface area contributed by atoms with Gasteiger partial charge < -0.3 is 10.1 Å². The Hall–Kier alpha value is -3.34. The van der Waals surface area contributed by atoms with E-state index in [1.165, 1.54) is 6.20 Å². The molecule has 4 heterocycles. The first-order valence-electron chi connectivity index (χ1n) is 9.53. The molecule has 11 nitrogen and oxygen atoms in total. The summed E-state index contributed by atoms with van der Waals surface area (Å²) in [5.74, 6) is 0.625. The van der Waals surface area contributed by atoms with Crippen LogP contribution in [0.25, 0.3) is 0 Å². The first-order chi connectivity index (χ1) is 14.1. The van der Waals surface area contributed by atoms with Gasteiger partial charge in [-0.2, -0.15) is 10.2 Å². The summed E-state index contributed by atoms with van der Waals surface area (Å²) < 4.78 is 9.08. The van der Waals surface area contributed by atoms with E-state index in [-0.39, 0.29) is 11.5 Å². The number of anilines is 2. The molecule has 1 aliphatic heterocycles. The molecule has 0 atom stereocenters. The summed E-state index contributed by atoms with van der Waals surface area (Å²) in [6.45, 7) is 4.16. The van der Waals surface area contributed by atoms with E-state index in [1.54, 1.807) is 23.3 Å². The van der Waals surface area contributed by atoms with Gasteiger partial charge in [-0.3, -0.25) is 19.5 Å². The van der Waals surface area contributed by atoms with Crippen LogP contribution in [-0.2, 0) is 17.7 Å². The molecular formula is C18H22N8O3. The molecule has 0 saturated carbocycles. The number of aromatic nitrogens is 6. The van der Waals surface area contributed by atoms with Crippen LogP contribution in [-0.4, -0.2) is 47.7 Å². The number of nitrogens with one attached hydrogen (secondary N) is 1. The second kappa shape index (κ2) is 8.35. The molecule has 0 radical (unpaired) electrons. The van der Waals surface area contributed by atoms with Crippen LogP contribution >= 0.6 is 0 Å². The molecule has 1 saturated heterocycles. The normalized spacial score (nSPS) is 14.8. The standard InChI is InChI=1S/C18H22N8O3/c1-2-24-12-14(9-20-24)22-18-16(26(27)28)10-19-17(23-18)7-13-8-21-25(11-13)15-3-5-29-6-4-15/h8-12,15H,2-7H2,1H3,(H,19,22,23). The summed E-state index contributed by atoms with van der Waals surface area (Å²) in [6.07, 6.45) is 10.7. The van der Waals surface area contributed by atoms with Gasteiger partial charge in [-0.15, -0.1) is 0 Å². The predicted molar refractivity (Wildman–Crippen MR) is 104 cm³/mol. The topological polar surface area (TPSA) is 126 Å². The van der Waals surface area contributed by atoms with E-state index in [4.69, 9.17) is 4.74 Å². The molecule has 0 spiro atoms. The number of rotatable bonds is 7. The van der Waals surface area contributed by atoms with Crippen molar-refractivity contribution in [3.63, 3.8) is 0 Å². The van der Waals surface area contributed by atoms with Gasteiger partial charge in [-0.25, -0.2) is 9.97 Å². The zero-order valence-electron chi connectivity index (χ0n) is 16.1. The zero-order chi connectivity index (χ0) is 20.2. The number of aryl methyl sites for hydroxylation is 1. The van der Waals surface area contributed by atoms with E-state index < -0.39 is 4.92 Å². The molecule has 11 heteroatoms. The average molecular weight is 398 g/mol. The molecule has 0 unspecified atom stereocenters. The molecule has 0 bridgehead atoms. The Morgan fingerprint density at radius 3 is 2.79 bits per heavy atom. The van der Waals surface area contributed by atoms with Crippen LogP contribution in [0.5, 0.6) is 0 Å². The summed E-state index contributed by atoms with van der Waals surface area (Å²) in [5, 5.41) is 23.0. The smallest absolute Gasteiger partial charge is 0.329 e. The lowest BCUT2D eigenvalue weighted by Gasteiger charge is -2.22. The van der Waals surface area contributed by atoms with E-state index in [1.807, 2.05) is 17.8 Å². The Kier molecular flexibility index (Phi) is 5.47. The van der Waals surface area contributed by atoms with Crippen molar-refractivity contribution in [2.75, 3.05) is 18.5 Å². The first-order valence-corrected chi connectivity index (χ1v) is 9.53. The maximum absolute atomic E-state index is 11.4. The lowest BCUT2D eigenvalue weighted by Crippen LogP contribution is -2.19. The summed E-state index contributed by atoms with van der Waals surface area (Å²) in [6, 6.07) is 0.336. The highest BCUT2D eigenvalue weighted by atomic mass is 16.6. The third-order valence-electron chi connectivity index (χ3n) is 4.82. The quantitative estimate of drug-likeness (QED) is 0.475. The second-order valence-electron chi connectivity index (χ2n) is 6.84. The number of hydrogen-bond acceptors (Lipinski definition) is 8. The van der Waals surface area contributed by atoms with Crippen LogP contribution in [0.1, 0.15) is 37.2 Å². The third kappa shape index (κ3) is 4.40. The third-order valence-corrected chi connectivity index (χ3v) is 4.82. The molecule has 0 amide bonds. The minimum atomic E-state index is -0.500. The van der Waals surface area contributed by atoms with Gasteiger partial charge in [0.15, 0.2) is 0 Å². The minimum absolute atomic E-state index is 0.146. The van der Waals surface area contributed by atoms with Crippen molar-refractivity contribution in [3.05, 3.63) is 52.5 Å². The van der Waals surface area contributed by atoms with Crippen molar-refractivity contribution in [2.45, 2.75) is 38.8 Å². The van der Waals surface area contributed by atoms with Gasteiger partial charge in [-0.1, -0.05) is 0 Å². The molecule has 1 N–H and O–H groups in total. The lowest BCUT2D eigenvalue weighted by atomic mass is 10.1. The highest BCUT2D eigenvalue weighted by Gasteiger charge is 2.20. The molecular weight excluding hydrogens is 376 g/mol. The molecule has 3 aromatic rings. The zero-order valence-corrected chi connectivity index (χ0v) is 16.1. The summed E-state index contributed by atoms with van der Waals surface area (Å²) in [7, 11) is 0. The maximum atomic E-state index is 11.4. The molecule has 1 fully saturated rings. The fourth-order valence-electron chi connectivity index (χ4n) is 3.26. The van der Waals surface area contributed by atoms with Gasteiger partial charge in [0.1, 0.15) is 12.0 Å². The SMILES string of the molecule is CCn1cc(Nc2nc(Cc3cnn(C4CCOCC4)c3)ncc2[N+](=O)[O-])cn1. The van der Waals surface area contributed by atoms with Gasteiger partial charge >= 0.3 is 5.69 Å². The van der Waals surface area contributed by atoms with Crippen molar-refractivity contribution in [3.8, 4) is 0 Å². The predicted octanol–water partition coefficient (Wildman–Crippen LogP) is 2.48. The van der Waals surface area contributed by atoms with Gasteiger partial charge in [0.25, 0.3) is 0 Å². The second-order valence-corrected chi connectivity index (χ2v) is 6.84. The van der Waals surface area contributed by atoms with E-state index in [9.17, 15) is 10.1 Å². The highest BCUT2D eigenvalue weighted by molar-refractivity contribution is 5.63. The Morgan fingerprint density at radius 2 is 2.07 bits per heavy atom. The maximum Gasteiger partial charge on any atom is 0.329 e. The number of nitro groups is 1. The van der Waals surface area contributed by atoms with Crippen LogP contribution in [0, 0.1) is 10.1 Å². The average Bonchev–Trinajstić information content (AvgIpc) is 3.38. The molecule has 3 aromatic heterocycles. The van der Waals surface area contributed by atoms with Crippen LogP contribution in [0.3, 0.4) is 0 Å². The van der Waals surface area contributed by atoms with E-state index in [0.29, 0.717) is 30.5 Å². The monoisotopic (exact) mass is 398 g/mol. The lowest BCUT2D eigenvalue weighted by molar-refractivity contribution is -0.384. The van der Waals surface area contributed by atoms with Gasteiger partial charge in [0.2, 0.25) is 5.82 Å². The van der Waals surface area contributed by atoms with Crippen LogP contribution in [0.15, 0.2) is 31.0 Å². The number of nitrogens with zero attached hydrogens (tertiary/aromatic N) is 7. The molecule has 29 heavy (non-hydrogen) atoms. The summed E-state index contributed by atoms with van der Waals surface area (Å²) in [4.78, 5) is 19.4. The fraction of sp³-hybridized carbons (Fsp3) is 0.444. The molecule has 1 aliphatic rings. The van der Waals surface area contributed by atoms with Crippen molar-refractivity contribution < 1.29 is 9.66 Å². The van der Waals surface area contributed by atoms with Gasteiger partial charge in [0.05, 0.1) is 29.0 Å². The Balaban J connectivity index is 1.53. The molecule has 152 valence electrons. The molecule has 0 aromatic carbocycles. The minimum Gasteiger partial charge on any atom is -0.381 e. The van der Waals surface area contributed by atoms with E-state index >= 15 is 0 Å². The fourth-order valence-corrected chi connectivity index (χ4v) is 3.26. The number of ether oxygens (including phenoxy) is 1. The molecule has 4 rings (SSSR count).